The molecule has 1 aliphatic carbocycles. The molecule has 1 heterocycles. The summed E-state index contributed by atoms with van der Waals surface area (Å²) in [5.41, 5.74) is 2.27. The Kier molecular flexibility index (Phi) is 6.47. The molecular weight excluding hydrogens is 419 g/mol. The van der Waals surface area contributed by atoms with E-state index in [1.165, 1.54) is 13.3 Å². The van der Waals surface area contributed by atoms with E-state index in [0.29, 0.717) is 29.4 Å². The van der Waals surface area contributed by atoms with Crippen LogP contribution in [0.25, 0.3) is 10.9 Å². The molecule has 0 bridgehead atoms. The fraction of sp³-hybridized carbons (Fsp3) is 0.400. The number of hydrogen-bond donors (Lipinski definition) is 1. The Bertz CT molecular complexity index is 1110. The third kappa shape index (κ3) is 4.49. The highest BCUT2D eigenvalue weighted by atomic mass is 32.2. The average molecular weight is 441 g/mol. The highest BCUT2D eigenvalue weighted by Crippen LogP contribution is 2.32. The largest absolute Gasteiger partial charge is 0.416 e. The van der Waals surface area contributed by atoms with E-state index in [-0.39, 0.29) is 22.6 Å². The number of aryl methyl sites for hydroxylation is 1. The first-order valence-corrected chi connectivity index (χ1v) is 10.7. The summed E-state index contributed by atoms with van der Waals surface area (Å²) >= 11 is 0. The lowest BCUT2D eigenvalue weighted by atomic mass is 10.1. The van der Waals surface area contributed by atoms with E-state index in [1.54, 1.807) is 19.1 Å². The normalized spacial score (nSPS) is 18.1. The number of aromatic nitrogens is 2. The molecule has 30 heavy (non-hydrogen) atoms. The topological polar surface area (TPSA) is 73.2 Å². The minimum Gasteiger partial charge on any atom is -0.374 e. The Labute approximate surface area is 173 Å². The maximum Gasteiger partial charge on any atom is 0.416 e. The molecule has 0 saturated carbocycles. The first-order valence-electron chi connectivity index (χ1n) is 9.43. The van der Waals surface area contributed by atoms with E-state index in [1.807, 2.05) is 6.92 Å². The van der Waals surface area contributed by atoms with Gasteiger partial charge in [-0.15, -0.1) is 0 Å². The first-order chi connectivity index (χ1) is 14.2. The number of alkyl halides is 3. The van der Waals surface area contributed by atoms with Gasteiger partial charge in [-0.25, -0.2) is 9.66 Å². The van der Waals surface area contributed by atoms with Crippen LogP contribution in [0.3, 0.4) is 0 Å². The van der Waals surface area contributed by atoms with Crippen molar-refractivity contribution < 1.29 is 22.1 Å². The number of fused-ring (bicyclic) bond motifs is 1. The molecule has 2 atom stereocenters. The Morgan fingerprint density at radius 3 is 2.70 bits per heavy atom. The fourth-order valence-electron chi connectivity index (χ4n) is 3.26. The number of benzene rings is 1. The molecule has 1 aromatic heterocycles. The molecule has 0 spiro atoms. The van der Waals surface area contributed by atoms with Crippen LogP contribution in [-0.2, 0) is 21.7 Å². The third-order valence-electron chi connectivity index (χ3n) is 4.69. The van der Waals surface area contributed by atoms with Gasteiger partial charge in [-0.3, -0.25) is 14.4 Å². The maximum atomic E-state index is 13.2. The lowest BCUT2D eigenvalue weighted by Gasteiger charge is -2.23. The monoisotopic (exact) mass is 441 g/mol. The molecule has 1 aliphatic rings. The van der Waals surface area contributed by atoms with Crippen LogP contribution in [0.5, 0.6) is 0 Å². The minimum absolute atomic E-state index is 0.149. The summed E-state index contributed by atoms with van der Waals surface area (Å²) < 4.78 is 58.6. The summed E-state index contributed by atoms with van der Waals surface area (Å²) in [6.07, 6.45) is 0.218. The van der Waals surface area contributed by atoms with E-state index in [2.05, 4.69) is 10.4 Å². The lowest BCUT2D eigenvalue weighted by molar-refractivity contribution is -0.137. The summed E-state index contributed by atoms with van der Waals surface area (Å²) in [4.78, 5) is 17.6. The fourth-order valence-corrected chi connectivity index (χ4v) is 4.21. The van der Waals surface area contributed by atoms with Gasteiger partial charge in [0.25, 0.3) is 5.56 Å². The molecule has 0 radical (unpaired) electrons. The van der Waals surface area contributed by atoms with Crippen LogP contribution < -0.4 is 11.0 Å². The van der Waals surface area contributed by atoms with E-state index in [4.69, 9.17) is 4.74 Å². The molecule has 2 unspecified atom stereocenters. The SMILES string of the molecule is CCOC1C=CC(S(=O)CC)=C(Nn2cnc3c(C)cc(C(F)(F)F)cc3c2=O)C1. The van der Waals surface area contributed by atoms with Gasteiger partial charge in [-0.05, 0) is 37.6 Å². The Balaban J connectivity index is 2.08. The molecule has 0 saturated heterocycles. The van der Waals surface area contributed by atoms with Crippen LogP contribution in [0, 0.1) is 6.92 Å². The zero-order valence-corrected chi connectivity index (χ0v) is 17.6. The van der Waals surface area contributed by atoms with Gasteiger partial charge in [0.05, 0.1) is 44.0 Å². The van der Waals surface area contributed by atoms with Crippen molar-refractivity contribution in [2.45, 2.75) is 39.5 Å². The molecule has 6 nitrogen and oxygen atoms in total. The van der Waals surface area contributed by atoms with Crippen LogP contribution in [0.2, 0.25) is 0 Å². The quantitative estimate of drug-likeness (QED) is 0.742. The molecule has 10 heteroatoms. The lowest BCUT2D eigenvalue weighted by Crippen LogP contribution is -2.32. The van der Waals surface area contributed by atoms with Crippen molar-refractivity contribution in [3.63, 3.8) is 0 Å². The molecule has 1 aromatic carbocycles. The van der Waals surface area contributed by atoms with Gasteiger partial charge in [0.1, 0.15) is 6.33 Å². The average Bonchev–Trinajstić information content (AvgIpc) is 2.69. The van der Waals surface area contributed by atoms with Crippen LogP contribution in [0.15, 0.2) is 46.0 Å². The molecule has 0 amide bonds. The summed E-state index contributed by atoms with van der Waals surface area (Å²) in [5, 5.41) is -0.149. The van der Waals surface area contributed by atoms with Crippen molar-refractivity contribution in [1.29, 1.82) is 0 Å². The summed E-state index contributed by atoms with van der Waals surface area (Å²) in [6, 6.07) is 1.77. The van der Waals surface area contributed by atoms with Gasteiger partial charge in [-0.2, -0.15) is 13.2 Å². The number of rotatable bonds is 6. The standard InChI is InChI=1S/C20H22F3N3O3S/c1-4-29-14-6-7-17(30(28)5-2)16(10-14)25-26-11-24-18-12(3)8-13(20(21,22)23)9-15(18)19(26)27/h6-9,11,14,25H,4-5,10H2,1-3H3. The van der Waals surface area contributed by atoms with Gasteiger partial charge in [0.15, 0.2) is 0 Å². The summed E-state index contributed by atoms with van der Waals surface area (Å²) in [6.45, 7) is 5.58. The summed E-state index contributed by atoms with van der Waals surface area (Å²) in [5.74, 6) is 0.378. The summed E-state index contributed by atoms with van der Waals surface area (Å²) in [7, 11) is -1.30. The maximum absolute atomic E-state index is 13.2. The first kappa shape index (κ1) is 22.2. The van der Waals surface area contributed by atoms with Crippen molar-refractivity contribution in [3.05, 3.63) is 62.7 Å². The Morgan fingerprint density at radius 1 is 1.33 bits per heavy atom. The van der Waals surface area contributed by atoms with Gasteiger partial charge in [0.2, 0.25) is 0 Å². The predicted molar refractivity (Wildman–Crippen MR) is 110 cm³/mol. The number of allylic oxidation sites excluding steroid dienone is 1. The highest BCUT2D eigenvalue weighted by molar-refractivity contribution is 7.89. The number of hydrogen-bond acceptors (Lipinski definition) is 5. The van der Waals surface area contributed by atoms with Crippen LogP contribution >= 0.6 is 0 Å². The molecule has 0 aliphatic heterocycles. The van der Waals surface area contributed by atoms with Gasteiger partial charge < -0.3 is 4.74 Å². The van der Waals surface area contributed by atoms with E-state index < -0.39 is 28.1 Å². The molecule has 0 fully saturated rings. The van der Waals surface area contributed by atoms with Gasteiger partial charge >= 0.3 is 6.18 Å². The molecule has 1 N–H and O–H groups in total. The van der Waals surface area contributed by atoms with Crippen LogP contribution in [0.1, 0.15) is 31.4 Å². The number of nitrogens with zero attached hydrogens (tertiary/aromatic N) is 2. The van der Waals surface area contributed by atoms with Gasteiger partial charge in [0, 0.05) is 18.8 Å². The van der Waals surface area contributed by atoms with E-state index in [0.717, 1.165) is 16.8 Å². The second-order valence-corrected chi connectivity index (χ2v) is 8.46. The molecule has 3 rings (SSSR count). The van der Waals surface area contributed by atoms with Crippen molar-refractivity contribution in [3.8, 4) is 0 Å². The zero-order chi connectivity index (χ0) is 22.1. The smallest absolute Gasteiger partial charge is 0.374 e. The number of ether oxygens (including phenoxy) is 1. The Hall–Kier alpha value is -2.46. The third-order valence-corrected chi connectivity index (χ3v) is 6.09. The van der Waals surface area contributed by atoms with Crippen molar-refractivity contribution >= 4 is 21.7 Å². The minimum atomic E-state index is -4.58. The number of nitrogens with one attached hydrogen (secondary N) is 1. The second kappa shape index (κ2) is 8.73. The van der Waals surface area contributed by atoms with Gasteiger partial charge in [-0.1, -0.05) is 13.0 Å². The molecular formula is C20H22F3N3O3S. The van der Waals surface area contributed by atoms with E-state index >= 15 is 0 Å². The number of halogens is 3. The van der Waals surface area contributed by atoms with Crippen molar-refractivity contribution in [2.75, 3.05) is 17.8 Å². The molecule has 162 valence electrons. The zero-order valence-electron chi connectivity index (χ0n) is 16.7. The van der Waals surface area contributed by atoms with Crippen molar-refractivity contribution in [2.24, 2.45) is 0 Å². The highest BCUT2D eigenvalue weighted by Gasteiger charge is 2.31. The Morgan fingerprint density at radius 2 is 2.07 bits per heavy atom. The second-order valence-electron chi connectivity index (χ2n) is 6.75. The van der Waals surface area contributed by atoms with Crippen molar-refractivity contribution in [1.82, 2.24) is 9.66 Å². The van der Waals surface area contributed by atoms with E-state index in [9.17, 15) is 22.2 Å². The van der Waals surface area contributed by atoms with Crippen LogP contribution in [-0.4, -0.2) is 32.3 Å². The molecule has 2 aromatic rings. The van der Waals surface area contributed by atoms with Crippen LogP contribution in [0.4, 0.5) is 13.2 Å². The predicted octanol–water partition coefficient (Wildman–Crippen LogP) is 3.61.